The fraction of sp³-hybridized carbons (Fsp3) is 0.0400. The van der Waals surface area contributed by atoms with Gasteiger partial charge in [-0.25, -0.2) is 4.79 Å². The van der Waals surface area contributed by atoms with E-state index >= 15 is 0 Å². The molecule has 32 heavy (non-hydrogen) atoms. The Morgan fingerprint density at radius 2 is 1.81 bits per heavy atom. The summed E-state index contributed by atoms with van der Waals surface area (Å²) in [5.41, 5.74) is 2.25. The SMILES string of the molecule is C=C/C=C(\C(=C/C)C(=O)O)c1c2ccc(=O)cc-2oc2c1ccc1cc(B(O)O)ccc12. The van der Waals surface area contributed by atoms with Crippen LogP contribution < -0.4 is 10.9 Å². The molecule has 0 atom stereocenters. The van der Waals surface area contributed by atoms with Crippen molar-refractivity contribution in [3.63, 3.8) is 0 Å². The van der Waals surface area contributed by atoms with E-state index in [9.17, 15) is 24.7 Å². The Morgan fingerprint density at radius 1 is 1.06 bits per heavy atom. The third-order valence-corrected chi connectivity index (χ3v) is 5.36. The summed E-state index contributed by atoms with van der Waals surface area (Å²) in [7, 11) is -1.61. The zero-order chi connectivity index (χ0) is 23.0. The topological polar surface area (TPSA) is 108 Å². The molecule has 0 saturated carbocycles. The Morgan fingerprint density at radius 3 is 2.47 bits per heavy atom. The van der Waals surface area contributed by atoms with Gasteiger partial charge >= 0.3 is 13.1 Å². The monoisotopic (exact) mass is 426 g/mol. The van der Waals surface area contributed by atoms with Crippen molar-refractivity contribution >= 4 is 45.9 Å². The predicted octanol–water partition coefficient (Wildman–Crippen LogP) is 3.33. The van der Waals surface area contributed by atoms with E-state index in [-0.39, 0.29) is 11.0 Å². The highest BCUT2D eigenvalue weighted by atomic mass is 16.4. The van der Waals surface area contributed by atoms with Crippen molar-refractivity contribution in [3.8, 4) is 11.3 Å². The number of rotatable bonds is 5. The van der Waals surface area contributed by atoms with Crippen molar-refractivity contribution < 1.29 is 24.4 Å². The van der Waals surface area contributed by atoms with Crippen LogP contribution in [-0.2, 0) is 4.79 Å². The molecule has 2 aromatic rings. The lowest BCUT2D eigenvalue weighted by molar-refractivity contribution is -0.132. The minimum absolute atomic E-state index is 0.0868. The molecule has 0 saturated heterocycles. The molecule has 0 unspecified atom stereocenters. The first-order valence-electron chi connectivity index (χ1n) is 9.88. The molecule has 0 radical (unpaired) electrons. The molecule has 0 amide bonds. The molecule has 1 aliphatic heterocycles. The minimum atomic E-state index is -1.61. The Hall–Kier alpha value is -3.94. The van der Waals surface area contributed by atoms with Crippen LogP contribution in [0.4, 0.5) is 0 Å². The van der Waals surface area contributed by atoms with Crippen molar-refractivity contribution in [2.75, 3.05) is 0 Å². The first kappa shape index (κ1) is 21.3. The molecule has 3 N–H and O–H groups in total. The highest BCUT2D eigenvalue weighted by molar-refractivity contribution is 6.59. The van der Waals surface area contributed by atoms with Crippen LogP contribution in [0.25, 0.3) is 38.6 Å². The molecule has 7 heteroatoms. The number of carbonyl (C=O) groups is 1. The van der Waals surface area contributed by atoms with Crippen molar-refractivity contribution in [1.29, 1.82) is 0 Å². The lowest BCUT2D eigenvalue weighted by Gasteiger charge is -2.19. The average Bonchev–Trinajstić information content (AvgIpc) is 2.76. The van der Waals surface area contributed by atoms with Gasteiger partial charge in [-0.2, -0.15) is 0 Å². The third kappa shape index (κ3) is 3.53. The van der Waals surface area contributed by atoms with Crippen LogP contribution in [0.2, 0.25) is 0 Å². The molecule has 4 rings (SSSR count). The van der Waals surface area contributed by atoms with Crippen LogP contribution in [0.3, 0.4) is 0 Å². The highest BCUT2D eigenvalue weighted by Gasteiger charge is 2.24. The maximum Gasteiger partial charge on any atom is 0.488 e. The van der Waals surface area contributed by atoms with Gasteiger partial charge in [-0.1, -0.05) is 49.1 Å². The summed E-state index contributed by atoms with van der Waals surface area (Å²) in [4.78, 5) is 24.1. The normalized spacial score (nSPS) is 12.5. The molecule has 6 nitrogen and oxygen atoms in total. The highest BCUT2D eigenvalue weighted by Crippen LogP contribution is 2.41. The van der Waals surface area contributed by atoms with E-state index < -0.39 is 13.1 Å². The summed E-state index contributed by atoms with van der Waals surface area (Å²) in [5, 5.41) is 30.8. The van der Waals surface area contributed by atoms with Crippen molar-refractivity contribution in [2.24, 2.45) is 0 Å². The molecule has 0 spiro atoms. The van der Waals surface area contributed by atoms with E-state index in [2.05, 4.69) is 6.58 Å². The van der Waals surface area contributed by atoms with Gasteiger partial charge in [0.25, 0.3) is 0 Å². The summed E-state index contributed by atoms with van der Waals surface area (Å²) in [5.74, 6) is -0.778. The van der Waals surface area contributed by atoms with Gasteiger partial charge in [-0.05, 0) is 41.5 Å². The summed E-state index contributed by atoms with van der Waals surface area (Å²) >= 11 is 0. The van der Waals surface area contributed by atoms with E-state index in [1.807, 2.05) is 0 Å². The van der Waals surface area contributed by atoms with Gasteiger partial charge in [0, 0.05) is 28.0 Å². The van der Waals surface area contributed by atoms with Gasteiger partial charge in [0.2, 0.25) is 0 Å². The Kier molecular flexibility index (Phi) is 5.53. The van der Waals surface area contributed by atoms with Gasteiger partial charge in [-0.15, -0.1) is 0 Å². The molecule has 1 aliphatic carbocycles. The van der Waals surface area contributed by atoms with Gasteiger partial charge in [0.05, 0.1) is 5.57 Å². The smallest absolute Gasteiger partial charge is 0.478 e. The number of hydrogen-bond donors (Lipinski definition) is 3. The van der Waals surface area contributed by atoms with Gasteiger partial charge in [-0.3, -0.25) is 4.79 Å². The number of benzene rings is 3. The minimum Gasteiger partial charge on any atom is -0.478 e. The van der Waals surface area contributed by atoms with Crippen molar-refractivity contribution in [1.82, 2.24) is 0 Å². The summed E-state index contributed by atoms with van der Waals surface area (Å²) in [6.45, 7) is 5.38. The zero-order valence-corrected chi connectivity index (χ0v) is 17.2. The molecule has 158 valence electrons. The molecule has 1 heterocycles. The van der Waals surface area contributed by atoms with E-state index in [1.54, 1.807) is 49.4 Å². The lowest BCUT2D eigenvalue weighted by atomic mass is 9.79. The quantitative estimate of drug-likeness (QED) is 0.149. The molecular formula is C25H19BO6. The number of fused-ring (bicyclic) bond motifs is 4. The van der Waals surface area contributed by atoms with E-state index in [4.69, 9.17) is 4.42 Å². The second-order valence-electron chi connectivity index (χ2n) is 7.26. The summed E-state index contributed by atoms with van der Waals surface area (Å²) in [6, 6.07) is 12.9. The first-order valence-corrected chi connectivity index (χ1v) is 9.88. The largest absolute Gasteiger partial charge is 0.488 e. The zero-order valence-electron chi connectivity index (χ0n) is 17.2. The molecule has 0 aromatic heterocycles. The Labute approximate surface area is 183 Å². The van der Waals surface area contributed by atoms with Crippen LogP contribution >= 0.6 is 0 Å². The fourth-order valence-corrected chi connectivity index (χ4v) is 3.95. The standard InChI is InChI=1S/C25H19BO6/c1-3-5-19(17(4-2)25(28)29)23-20-11-8-16(27)13-22(20)32-24-18-10-7-15(26(30)31)12-14(18)6-9-21(23)24/h3-13,30-31H,1H2,2H3,(H,28,29)/b17-4+,19-5+. The second kappa shape index (κ2) is 8.30. The number of allylic oxidation sites excluding steroid dienone is 3. The molecule has 0 bridgehead atoms. The van der Waals surface area contributed by atoms with Crippen molar-refractivity contribution in [3.05, 3.63) is 94.7 Å². The maximum absolute atomic E-state index is 12.1. The van der Waals surface area contributed by atoms with Gasteiger partial charge in [0.1, 0.15) is 11.3 Å². The van der Waals surface area contributed by atoms with Crippen LogP contribution in [-0.4, -0.2) is 28.2 Å². The third-order valence-electron chi connectivity index (χ3n) is 5.36. The fourth-order valence-electron chi connectivity index (χ4n) is 3.95. The second-order valence-corrected chi connectivity index (χ2v) is 7.26. The van der Waals surface area contributed by atoms with Crippen LogP contribution in [0.15, 0.2) is 88.1 Å². The van der Waals surface area contributed by atoms with Crippen LogP contribution in [0, 0.1) is 0 Å². The van der Waals surface area contributed by atoms with Crippen molar-refractivity contribution in [2.45, 2.75) is 6.92 Å². The lowest BCUT2D eigenvalue weighted by Crippen LogP contribution is -2.29. The van der Waals surface area contributed by atoms with Gasteiger partial charge in [0.15, 0.2) is 5.43 Å². The average molecular weight is 426 g/mol. The predicted molar refractivity (Wildman–Crippen MR) is 126 cm³/mol. The van der Waals surface area contributed by atoms with E-state index in [1.165, 1.54) is 24.3 Å². The molecule has 0 fully saturated rings. The van der Waals surface area contributed by atoms with Gasteiger partial charge < -0.3 is 19.6 Å². The Balaban J connectivity index is 2.21. The molecular weight excluding hydrogens is 407 g/mol. The van der Waals surface area contributed by atoms with E-state index in [0.29, 0.717) is 49.7 Å². The Bertz CT molecular complexity index is 1480. The van der Waals surface area contributed by atoms with Crippen LogP contribution in [0.5, 0.6) is 0 Å². The molecule has 2 aromatic carbocycles. The number of carboxylic acids is 1. The summed E-state index contributed by atoms with van der Waals surface area (Å²) < 4.78 is 6.14. The van der Waals surface area contributed by atoms with Crippen LogP contribution in [0.1, 0.15) is 12.5 Å². The van der Waals surface area contributed by atoms with E-state index in [0.717, 1.165) is 0 Å². The number of aliphatic carboxylic acids is 1. The summed E-state index contributed by atoms with van der Waals surface area (Å²) in [6.07, 6.45) is 4.65. The first-order chi connectivity index (χ1) is 15.3. The maximum atomic E-state index is 12.1. The number of hydrogen-bond acceptors (Lipinski definition) is 5. The molecule has 2 aliphatic rings. The number of carboxylic acid groups (broad SMARTS) is 1.